The molecule has 0 radical (unpaired) electrons. The lowest BCUT2D eigenvalue weighted by atomic mass is 9.93. The summed E-state index contributed by atoms with van der Waals surface area (Å²) in [5, 5.41) is 0.653. The summed E-state index contributed by atoms with van der Waals surface area (Å²) in [6, 6.07) is 42.0. The smallest absolute Gasteiger partial charge is 0.344 e. The van der Waals surface area contributed by atoms with E-state index in [-0.39, 0.29) is 17.0 Å². The summed E-state index contributed by atoms with van der Waals surface area (Å²) < 4.78 is 36.2. The first-order valence-electron chi connectivity index (χ1n) is 15.4. The molecule has 0 aliphatic carbocycles. The minimum Gasteiger partial charge on any atom is -0.422 e. The third-order valence-electron chi connectivity index (χ3n) is 8.70. The average molecular weight is 627 g/mol. The summed E-state index contributed by atoms with van der Waals surface area (Å²) >= 11 is 0. The second kappa shape index (κ2) is 12.1. The first-order valence-corrected chi connectivity index (χ1v) is 16.8. The number of anilines is 1. The Morgan fingerprint density at radius 2 is 1.37 bits per heavy atom. The SMILES string of the molecule is Cc1ccc(S(=O)(=O)N(c2ccc3oc(=O)c(-c4cccc(C)c4)cc3c2)C2CN(C(c3ccccc3)c3ccccc3)C2)cc1. The van der Waals surface area contributed by atoms with E-state index in [0.717, 1.165) is 27.8 Å². The van der Waals surface area contributed by atoms with Crippen LogP contribution in [0.15, 0.2) is 148 Å². The Labute approximate surface area is 269 Å². The number of sulfonamides is 1. The molecule has 0 N–H and O–H groups in total. The van der Waals surface area contributed by atoms with E-state index in [1.807, 2.05) is 92.7 Å². The molecule has 7 heteroatoms. The molecule has 0 unspecified atom stereocenters. The molecule has 1 saturated heterocycles. The van der Waals surface area contributed by atoms with Crippen LogP contribution in [0.5, 0.6) is 0 Å². The number of fused-ring (bicyclic) bond motifs is 1. The molecule has 0 saturated carbocycles. The maximum Gasteiger partial charge on any atom is 0.344 e. The van der Waals surface area contributed by atoms with E-state index in [1.54, 1.807) is 34.6 Å². The van der Waals surface area contributed by atoms with E-state index in [1.165, 1.54) is 0 Å². The van der Waals surface area contributed by atoms with Gasteiger partial charge in [-0.2, -0.15) is 0 Å². The van der Waals surface area contributed by atoms with E-state index in [0.29, 0.717) is 35.3 Å². The van der Waals surface area contributed by atoms with Crippen molar-refractivity contribution in [1.82, 2.24) is 4.90 Å². The van der Waals surface area contributed by atoms with Gasteiger partial charge in [-0.05, 0) is 66.9 Å². The standard InChI is InChI=1S/C39H34N2O4S/c1-27-16-19-35(20-17-27)46(43,44)41(34-25-40(26-34)38(29-11-5-3-6-12-29)30-13-7-4-8-14-30)33-18-21-37-32(23-33)24-36(39(42)45-37)31-15-9-10-28(2)22-31/h3-24,34,38H,25-26H2,1-2H3. The van der Waals surface area contributed by atoms with E-state index >= 15 is 0 Å². The molecule has 46 heavy (non-hydrogen) atoms. The van der Waals surface area contributed by atoms with Gasteiger partial charge < -0.3 is 4.42 Å². The van der Waals surface area contributed by atoms with Gasteiger partial charge in [0.2, 0.25) is 0 Å². The molecule has 0 bridgehead atoms. The molecule has 230 valence electrons. The fraction of sp³-hybridized carbons (Fsp3) is 0.154. The highest BCUT2D eigenvalue weighted by molar-refractivity contribution is 7.92. The lowest BCUT2D eigenvalue weighted by Gasteiger charge is -2.49. The first-order chi connectivity index (χ1) is 22.3. The number of nitrogens with zero attached hydrogens (tertiary/aromatic N) is 2. The van der Waals surface area contributed by atoms with E-state index in [2.05, 4.69) is 29.2 Å². The van der Waals surface area contributed by atoms with E-state index in [4.69, 9.17) is 4.42 Å². The van der Waals surface area contributed by atoms with Crippen LogP contribution in [0.2, 0.25) is 0 Å². The molecular weight excluding hydrogens is 593 g/mol. The van der Waals surface area contributed by atoms with Crippen molar-refractivity contribution in [3.8, 4) is 11.1 Å². The van der Waals surface area contributed by atoms with Crippen molar-refractivity contribution >= 4 is 26.7 Å². The number of hydrogen-bond donors (Lipinski definition) is 0. The van der Waals surface area contributed by atoms with Crippen LogP contribution >= 0.6 is 0 Å². The molecule has 5 aromatic carbocycles. The molecule has 0 spiro atoms. The summed E-state index contributed by atoms with van der Waals surface area (Å²) in [6.07, 6.45) is 0. The zero-order valence-corrected chi connectivity index (χ0v) is 26.5. The van der Waals surface area contributed by atoms with Crippen LogP contribution in [0.4, 0.5) is 5.69 Å². The van der Waals surface area contributed by atoms with Crippen molar-refractivity contribution in [3.05, 3.63) is 166 Å². The highest BCUT2D eigenvalue weighted by Crippen LogP contribution is 2.38. The minimum atomic E-state index is -3.94. The molecule has 0 amide bonds. The summed E-state index contributed by atoms with van der Waals surface area (Å²) in [7, 11) is -3.94. The van der Waals surface area contributed by atoms with Crippen LogP contribution in [0.25, 0.3) is 22.1 Å². The molecule has 7 rings (SSSR count). The molecule has 1 aromatic heterocycles. The molecule has 6 aromatic rings. The van der Waals surface area contributed by atoms with Crippen molar-refractivity contribution in [1.29, 1.82) is 0 Å². The fourth-order valence-corrected chi connectivity index (χ4v) is 7.99. The van der Waals surface area contributed by atoms with Gasteiger partial charge in [-0.25, -0.2) is 13.2 Å². The van der Waals surface area contributed by atoms with Gasteiger partial charge in [-0.3, -0.25) is 9.21 Å². The zero-order valence-electron chi connectivity index (χ0n) is 25.7. The Balaban J connectivity index is 1.30. The highest BCUT2D eigenvalue weighted by Gasteiger charge is 2.42. The Morgan fingerprint density at radius 3 is 2.00 bits per heavy atom. The predicted molar refractivity (Wildman–Crippen MR) is 184 cm³/mol. The monoisotopic (exact) mass is 626 g/mol. The molecule has 2 heterocycles. The lowest BCUT2D eigenvalue weighted by molar-refractivity contribution is 0.116. The van der Waals surface area contributed by atoms with Gasteiger partial charge in [0, 0.05) is 18.5 Å². The summed E-state index contributed by atoms with van der Waals surface area (Å²) in [4.78, 5) is 15.5. The van der Waals surface area contributed by atoms with E-state index < -0.39 is 15.6 Å². The average Bonchev–Trinajstić information content (AvgIpc) is 3.04. The summed E-state index contributed by atoms with van der Waals surface area (Å²) in [6.45, 7) is 4.99. The second-order valence-corrected chi connectivity index (χ2v) is 13.8. The van der Waals surface area contributed by atoms with Crippen LogP contribution in [-0.2, 0) is 10.0 Å². The molecule has 6 nitrogen and oxygen atoms in total. The number of rotatable bonds is 8. The molecule has 1 aliphatic rings. The van der Waals surface area contributed by atoms with Crippen LogP contribution in [0.3, 0.4) is 0 Å². The van der Waals surface area contributed by atoms with Gasteiger partial charge >= 0.3 is 5.63 Å². The Bertz CT molecular complexity index is 2130. The summed E-state index contributed by atoms with van der Waals surface area (Å²) in [5.41, 5.74) is 6.01. The van der Waals surface area contributed by atoms with Crippen LogP contribution < -0.4 is 9.93 Å². The van der Waals surface area contributed by atoms with Gasteiger partial charge in [0.1, 0.15) is 5.58 Å². The highest BCUT2D eigenvalue weighted by atomic mass is 32.2. The van der Waals surface area contributed by atoms with Crippen LogP contribution in [0, 0.1) is 13.8 Å². The maximum absolute atomic E-state index is 14.4. The third-order valence-corrected chi connectivity index (χ3v) is 10.6. The van der Waals surface area contributed by atoms with Crippen molar-refractivity contribution in [2.75, 3.05) is 17.4 Å². The normalized spacial score (nSPS) is 14.0. The third kappa shape index (κ3) is 5.64. The lowest BCUT2D eigenvalue weighted by Crippen LogP contribution is -2.61. The van der Waals surface area contributed by atoms with Gasteiger partial charge in [-0.15, -0.1) is 0 Å². The largest absolute Gasteiger partial charge is 0.422 e. The van der Waals surface area contributed by atoms with Gasteiger partial charge in [-0.1, -0.05) is 108 Å². The predicted octanol–water partition coefficient (Wildman–Crippen LogP) is 7.75. The number of hydrogen-bond acceptors (Lipinski definition) is 5. The second-order valence-electron chi connectivity index (χ2n) is 12.0. The van der Waals surface area contributed by atoms with E-state index in [9.17, 15) is 13.2 Å². The van der Waals surface area contributed by atoms with Crippen LogP contribution in [-0.4, -0.2) is 32.4 Å². The molecule has 1 fully saturated rings. The van der Waals surface area contributed by atoms with Gasteiger partial charge in [0.25, 0.3) is 10.0 Å². The molecule has 0 atom stereocenters. The molecular formula is C39H34N2O4S. The van der Waals surface area contributed by atoms with Gasteiger partial charge in [0.15, 0.2) is 0 Å². The topological polar surface area (TPSA) is 70.8 Å². The Morgan fingerprint density at radius 1 is 0.717 bits per heavy atom. The van der Waals surface area contributed by atoms with Gasteiger partial charge in [0.05, 0.1) is 28.2 Å². The Kier molecular flexibility index (Phi) is 7.80. The number of benzene rings is 5. The first kappa shape index (κ1) is 29.7. The van der Waals surface area contributed by atoms with Crippen molar-refractivity contribution < 1.29 is 12.8 Å². The van der Waals surface area contributed by atoms with Crippen LogP contribution in [0.1, 0.15) is 28.3 Å². The Hall–Kier alpha value is -4.98. The van der Waals surface area contributed by atoms with Crippen molar-refractivity contribution in [2.24, 2.45) is 0 Å². The fourth-order valence-electron chi connectivity index (χ4n) is 6.36. The van der Waals surface area contributed by atoms with Crippen molar-refractivity contribution in [3.63, 3.8) is 0 Å². The maximum atomic E-state index is 14.4. The zero-order chi connectivity index (χ0) is 31.8. The number of likely N-dealkylation sites (tertiary alicyclic amines) is 1. The molecule has 1 aliphatic heterocycles. The van der Waals surface area contributed by atoms with Crippen molar-refractivity contribution in [2.45, 2.75) is 30.8 Å². The minimum absolute atomic E-state index is 0.00894. The number of aryl methyl sites for hydroxylation is 2. The quantitative estimate of drug-likeness (QED) is 0.162. The summed E-state index contributed by atoms with van der Waals surface area (Å²) in [5.74, 6) is 0.